The average Bonchev–Trinajstić information content (AvgIpc) is 2.65. The van der Waals surface area contributed by atoms with Crippen LogP contribution in [0.5, 0.6) is 0 Å². The number of rotatable bonds is 3. The third kappa shape index (κ3) is 3.25. The highest BCUT2D eigenvalue weighted by molar-refractivity contribution is 8.14. The zero-order chi connectivity index (χ0) is 14.2. The molecule has 1 atom stereocenters. The van der Waals surface area contributed by atoms with Gasteiger partial charge in [0.15, 0.2) is 0 Å². The molecule has 1 amide bonds. The van der Waals surface area contributed by atoms with Crippen LogP contribution in [0, 0.1) is 12.7 Å². The van der Waals surface area contributed by atoms with Crippen LogP contribution in [0.25, 0.3) is 0 Å². The second kappa shape index (κ2) is 5.09. The summed E-state index contributed by atoms with van der Waals surface area (Å²) in [4.78, 5) is 13.1. The van der Waals surface area contributed by atoms with Gasteiger partial charge in [-0.15, -0.1) is 0 Å². The van der Waals surface area contributed by atoms with E-state index in [1.165, 1.54) is 11.0 Å². The van der Waals surface area contributed by atoms with E-state index in [2.05, 4.69) is 0 Å². The molecule has 0 spiro atoms. The quantitative estimate of drug-likeness (QED) is 0.800. The molecule has 7 heteroatoms. The van der Waals surface area contributed by atoms with Gasteiger partial charge in [0.1, 0.15) is 11.1 Å². The minimum absolute atomic E-state index is 0.0557. The number of carbonyl (C=O) groups is 1. The number of benzene rings is 1. The lowest BCUT2D eigenvalue weighted by Gasteiger charge is -2.16. The molecule has 1 aliphatic heterocycles. The lowest BCUT2D eigenvalue weighted by atomic mass is 10.1. The van der Waals surface area contributed by atoms with E-state index in [0.717, 1.165) is 0 Å². The van der Waals surface area contributed by atoms with Gasteiger partial charge in [0.2, 0.25) is 15.0 Å². The van der Waals surface area contributed by atoms with Crippen molar-refractivity contribution in [2.24, 2.45) is 0 Å². The lowest BCUT2D eigenvalue weighted by molar-refractivity contribution is -0.128. The molecule has 1 aliphatic rings. The molecule has 1 fully saturated rings. The fraction of sp³-hybridized carbons (Fsp3) is 0.417. The highest BCUT2D eigenvalue weighted by Gasteiger charge is 2.37. The second-order valence-corrected chi connectivity index (χ2v) is 7.57. The van der Waals surface area contributed by atoms with Crippen molar-refractivity contribution >= 4 is 25.6 Å². The summed E-state index contributed by atoms with van der Waals surface area (Å²) >= 11 is 0. The largest absolute Gasteiger partial charge is 0.337 e. The molecule has 0 radical (unpaired) electrons. The summed E-state index contributed by atoms with van der Waals surface area (Å²) in [5.74, 6) is -0.624. The molecule has 1 aromatic rings. The Labute approximate surface area is 115 Å². The summed E-state index contributed by atoms with van der Waals surface area (Å²) in [6, 6.07) is 4.69. The smallest absolute Gasteiger partial charge is 0.237 e. The number of carbonyl (C=O) groups excluding carboxylic acids is 1. The first-order chi connectivity index (χ1) is 8.77. The van der Waals surface area contributed by atoms with E-state index in [1.807, 2.05) is 0 Å². The summed E-state index contributed by atoms with van der Waals surface area (Å²) in [5.41, 5.74) is 1.15. The molecule has 0 aromatic heterocycles. The normalized spacial score (nSPS) is 20.1. The average molecular weight is 306 g/mol. The molecule has 4 nitrogen and oxygen atoms in total. The molecule has 104 valence electrons. The SMILES string of the molecule is Cc1ccc(CN2CC(S(=O)(=O)Cl)CC2=O)cc1F. The Morgan fingerprint density at radius 3 is 2.68 bits per heavy atom. The Morgan fingerprint density at radius 2 is 2.16 bits per heavy atom. The van der Waals surface area contributed by atoms with Crippen molar-refractivity contribution < 1.29 is 17.6 Å². The van der Waals surface area contributed by atoms with Gasteiger partial charge in [-0.05, 0) is 24.1 Å². The van der Waals surface area contributed by atoms with Crippen LogP contribution in [-0.2, 0) is 20.4 Å². The van der Waals surface area contributed by atoms with Gasteiger partial charge in [-0.1, -0.05) is 12.1 Å². The van der Waals surface area contributed by atoms with Crippen molar-refractivity contribution in [3.8, 4) is 0 Å². The van der Waals surface area contributed by atoms with E-state index < -0.39 is 14.3 Å². The van der Waals surface area contributed by atoms with Gasteiger partial charge in [-0.25, -0.2) is 12.8 Å². The van der Waals surface area contributed by atoms with Gasteiger partial charge in [-0.3, -0.25) is 4.79 Å². The molecule has 1 aromatic carbocycles. The Kier molecular flexibility index (Phi) is 3.82. The highest BCUT2D eigenvalue weighted by atomic mass is 35.7. The van der Waals surface area contributed by atoms with Crippen LogP contribution in [0.2, 0.25) is 0 Å². The summed E-state index contributed by atoms with van der Waals surface area (Å²) in [6.07, 6.45) is -0.111. The number of likely N-dealkylation sites (tertiary alicyclic amines) is 1. The number of amides is 1. The first-order valence-electron chi connectivity index (χ1n) is 5.73. The minimum atomic E-state index is -3.74. The molecule has 1 heterocycles. The molecule has 2 rings (SSSR count). The van der Waals surface area contributed by atoms with E-state index in [0.29, 0.717) is 11.1 Å². The molecular weight excluding hydrogens is 293 g/mol. The van der Waals surface area contributed by atoms with Gasteiger partial charge in [0.05, 0.1) is 0 Å². The molecule has 1 unspecified atom stereocenters. The fourth-order valence-corrected chi connectivity index (χ4v) is 3.09. The number of halogens is 2. The first kappa shape index (κ1) is 14.3. The van der Waals surface area contributed by atoms with Crippen molar-refractivity contribution in [1.82, 2.24) is 4.90 Å². The van der Waals surface area contributed by atoms with Crippen LogP contribution in [0.4, 0.5) is 4.39 Å². The van der Waals surface area contributed by atoms with Crippen LogP contribution in [-0.4, -0.2) is 31.0 Å². The summed E-state index contributed by atoms with van der Waals surface area (Å²) in [7, 11) is 1.51. The highest BCUT2D eigenvalue weighted by Crippen LogP contribution is 2.23. The number of hydrogen-bond donors (Lipinski definition) is 0. The van der Waals surface area contributed by atoms with Crippen LogP contribution in [0.1, 0.15) is 17.5 Å². The van der Waals surface area contributed by atoms with Crippen molar-refractivity contribution in [3.63, 3.8) is 0 Å². The van der Waals surface area contributed by atoms with Crippen molar-refractivity contribution in [2.45, 2.75) is 25.1 Å². The standard InChI is InChI=1S/C12H13ClFNO3S/c1-8-2-3-9(4-11(8)14)6-15-7-10(5-12(15)16)19(13,17)18/h2-4,10H,5-7H2,1H3. The van der Waals surface area contributed by atoms with Crippen molar-refractivity contribution in [2.75, 3.05) is 6.54 Å². The first-order valence-corrected chi connectivity index (χ1v) is 8.11. The maximum Gasteiger partial charge on any atom is 0.237 e. The van der Waals surface area contributed by atoms with E-state index in [4.69, 9.17) is 10.7 Å². The monoisotopic (exact) mass is 305 g/mol. The van der Waals surface area contributed by atoms with Gasteiger partial charge >= 0.3 is 0 Å². The lowest BCUT2D eigenvalue weighted by Crippen LogP contribution is -2.26. The molecule has 0 aliphatic carbocycles. The van der Waals surface area contributed by atoms with Crippen LogP contribution >= 0.6 is 10.7 Å². The van der Waals surface area contributed by atoms with Crippen molar-refractivity contribution in [3.05, 3.63) is 35.1 Å². The summed E-state index contributed by atoms with van der Waals surface area (Å²) in [6.45, 7) is 1.90. The Hall–Kier alpha value is -1.14. The zero-order valence-electron chi connectivity index (χ0n) is 10.3. The summed E-state index contributed by atoms with van der Waals surface area (Å²) in [5, 5.41) is -0.878. The molecule has 0 saturated carbocycles. The minimum Gasteiger partial charge on any atom is -0.337 e. The number of aryl methyl sites for hydroxylation is 1. The predicted octanol–water partition coefficient (Wildman–Crippen LogP) is 1.80. The van der Waals surface area contributed by atoms with Crippen LogP contribution in [0.3, 0.4) is 0 Å². The van der Waals surface area contributed by atoms with E-state index >= 15 is 0 Å². The Balaban J connectivity index is 2.12. The molecule has 0 bridgehead atoms. The van der Waals surface area contributed by atoms with E-state index in [1.54, 1.807) is 19.1 Å². The van der Waals surface area contributed by atoms with E-state index in [9.17, 15) is 17.6 Å². The topological polar surface area (TPSA) is 54.5 Å². The Bertz CT molecular complexity index is 617. The maximum atomic E-state index is 13.4. The van der Waals surface area contributed by atoms with Gasteiger partial charge in [0.25, 0.3) is 0 Å². The van der Waals surface area contributed by atoms with Crippen molar-refractivity contribution in [1.29, 1.82) is 0 Å². The van der Waals surface area contributed by atoms with E-state index in [-0.39, 0.29) is 31.2 Å². The molecule has 0 N–H and O–H groups in total. The van der Waals surface area contributed by atoms with Gasteiger partial charge in [0, 0.05) is 30.2 Å². The number of hydrogen-bond acceptors (Lipinski definition) is 3. The second-order valence-electron chi connectivity index (χ2n) is 4.66. The van der Waals surface area contributed by atoms with Crippen LogP contribution < -0.4 is 0 Å². The molecular formula is C12H13ClFNO3S. The van der Waals surface area contributed by atoms with Gasteiger partial charge in [-0.2, -0.15) is 0 Å². The molecule has 19 heavy (non-hydrogen) atoms. The third-order valence-corrected chi connectivity index (χ3v) is 5.05. The summed E-state index contributed by atoms with van der Waals surface area (Å²) < 4.78 is 35.8. The fourth-order valence-electron chi connectivity index (χ4n) is 2.03. The van der Waals surface area contributed by atoms with Gasteiger partial charge < -0.3 is 4.90 Å². The maximum absolute atomic E-state index is 13.4. The van der Waals surface area contributed by atoms with Crippen LogP contribution in [0.15, 0.2) is 18.2 Å². The molecule has 1 saturated heterocycles. The Morgan fingerprint density at radius 1 is 1.47 bits per heavy atom. The number of nitrogens with zero attached hydrogens (tertiary/aromatic N) is 1. The third-order valence-electron chi connectivity index (χ3n) is 3.19. The predicted molar refractivity (Wildman–Crippen MR) is 69.7 cm³/mol. The zero-order valence-corrected chi connectivity index (χ0v) is 11.8.